The van der Waals surface area contributed by atoms with Crippen LogP contribution in [0.1, 0.15) is 40.0 Å². The zero-order valence-electron chi connectivity index (χ0n) is 13.6. The largest absolute Gasteiger partial charge is 0.444 e. The number of carbonyl (C=O) groups is 1. The van der Waals surface area contributed by atoms with Crippen molar-refractivity contribution in [1.82, 2.24) is 15.5 Å². The lowest BCUT2D eigenvalue weighted by molar-refractivity contribution is 0.0527. The number of piperidine rings is 1. The zero-order valence-corrected chi connectivity index (χ0v) is 13.6. The predicted molar refractivity (Wildman–Crippen MR) is 85.2 cm³/mol. The molecular formula is C16H29N3O2. The van der Waals surface area contributed by atoms with Gasteiger partial charge in [-0.05, 0) is 46.6 Å². The summed E-state index contributed by atoms with van der Waals surface area (Å²) in [4.78, 5) is 13.8. The Labute approximate surface area is 128 Å². The molecule has 0 unspecified atom stereocenters. The number of carbonyl (C=O) groups excluding carboxylic acids is 1. The van der Waals surface area contributed by atoms with Crippen molar-refractivity contribution in [3.05, 3.63) is 0 Å². The number of rotatable bonds is 6. The smallest absolute Gasteiger partial charge is 0.407 e. The van der Waals surface area contributed by atoms with Crippen molar-refractivity contribution in [2.45, 2.75) is 51.7 Å². The van der Waals surface area contributed by atoms with E-state index in [1.165, 1.54) is 0 Å². The molecule has 1 fully saturated rings. The molecule has 5 heteroatoms. The lowest BCUT2D eigenvalue weighted by Crippen LogP contribution is -2.43. The van der Waals surface area contributed by atoms with Crippen molar-refractivity contribution in [2.24, 2.45) is 0 Å². The third-order valence-electron chi connectivity index (χ3n) is 3.36. The third-order valence-corrected chi connectivity index (χ3v) is 3.36. The highest BCUT2D eigenvalue weighted by Crippen LogP contribution is 2.09. The van der Waals surface area contributed by atoms with Crippen LogP contribution in [-0.2, 0) is 4.74 Å². The maximum atomic E-state index is 11.4. The van der Waals surface area contributed by atoms with Crippen LogP contribution in [0.4, 0.5) is 4.79 Å². The molecule has 2 N–H and O–H groups in total. The molecule has 1 aliphatic rings. The minimum Gasteiger partial charge on any atom is -0.444 e. The second kappa shape index (κ2) is 8.91. The molecule has 5 nitrogen and oxygen atoms in total. The zero-order chi connectivity index (χ0) is 15.7. The van der Waals surface area contributed by atoms with Gasteiger partial charge in [0.2, 0.25) is 0 Å². The number of terminal acetylenes is 1. The highest BCUT2D eigenvalue weighted by atomic mass is 16.6. The van der Waals surface area contributed by atoms with Crippen molar-refractivity contribution in [1.29, 1.82) is 0 Å². The Morgan fingerprint density at radius 1 is 1.33 bits per heavy atom. The first-order chi connectivity index (χ1) is 9.90. The molecule has 0 spiro atoms. The molecule has 21 heavy (non-hydrogen) atoms. The van der Waals surface area contributed by atoms with Crippen molar-refractivity contribution < 1.29 is 9.53 Å². The van der Waals surface area contributed by atoms with Crippen molar-refractivity contribution >= 4 is 6.09 Å². The molecule has 0 atom stereocenters. The van der Waals surface area contributed by atoms with Gasteiger partial charge in [-0.2, -0.15) is 0 Å². The highest BCUT2D eigenvalue weighted by molar-refractivity contribution is 5.67. The molecule has 1 heterocycles. The Balaban J connectivity index is 2.00. The fraction of sp³-hybridized carbons (Fsp3) is 0.812. The molecule has 0 aromatic heterocycles. The van der Waals surface area contributed by atoms with Crippen molar-refractivity contribution in [2.75, 3.05) is 32.7 Å². The Morgan fingerprint density at radius 3 is 2.57 bits per heavy atom. The Morgan fingerprint density at radius 2 is 2.00 bits per heavy atom. The molecule has 1 amide bonds. The van der Waals surface area contributed by atoms with Crippen LogP contribution in [0.15, 0.2) is 0 Å². The summed E-state index contributed by atoms with van der Waals surface area (Å²) in [7, 11) is 0. The first-order valence-corrected chi connectivity index (χ1v) is 7.77. The number of likely N-dealkylation sites (tertiary alicyclic amines) is 1. The summed E-state index contributed by atoms with van der Waals surface area (Å²) in [5.41, 5.74) is -0.436. The SMILES string of the molecule is C#CCN1CCC(NCCCNC(=O)OC(C)(C)C)CC1. The highest BCUT2D eigenvalue weighted by Gasteiger charge is 2.18. The molecule has 0 aliphatic carbocycles. The van der Waals surface area contributed by atoms with E-state index in [2.05, 4.69) is 21.5 Å². The van der Waals surface area contributed by atoms with Gasteiger partial charge in [0.25, 0.3) is 0 Å². The summed E-state index contributed by atoms with van der Waals surface area (Å²) in [5.74, 6) is 2.69. The van der Waals surface area contributed by atoms with Gasteiger partial charge in [0.1, 0.15) is 5.60 Å². The number of nitrogens with one attached hydrogen (secondary N) is 2. The van der Waals surface area contributed by atoms with E-state index in [-0.39, 0.29) is 6.09 Å². The normalized spacial score (nSPS) is 17.2. The van der Waals surface area contributed by atoms with E-state index in [0.29, 0.717) is 12.6 Å². The Hall–Kier alpha value is -1.25. The Bertz CT molecular complexity index is 350. The summed E-state index contributed by atoms with van der Waals surface area (Å²) in [6, 6.07) is 0.570. The summed E-state index contributed by atoms with van der Waals surface area (Å²) >= 11 is 0. The topological polar surface area (TPSA) is 53.6 Å². The van der Waals surface area contributed by atoms with Crippen LogP contribution in [-0.4, -0.2) is 55.4 Å². The minimum absolute atomic E-state index is 0.343. The van der Waals surface area contributed by atoms with Crippen LogP contribution in [0, 0.1) is 12.3 Å². The number of amides is 1. The third kappa shape index (κ3) is 8.59. The van der Waals surface area contributed by atoms with Gasteiger partial charge in [0.05, 0.1) is 6.54 Å². The van der Waals surface area contributed by atoms with E-state index < -0.39 is 5.60 Å². The van der Waals surface area contributed by atoms with Crippen LogP contribution >= 0.6 is 0 Å². The standard InChI is InChI=1S/C16H29N3O2/c1-5-11-19-12-7-14(8-13-19)17-9-6-10-18-15(20)21-16(2,3)4/h1,14,17H,6-13H2,2-4H3,(H,18,20). The molecular weight excluding hydrogens is 266 g/mol. The average molecular weight is 295 g/mol. The van der Waals surface area contributed by atoms with Crippen molar-refractivity contribution in [3.63, 3.8) is 0 Å². The average Bonchev–Trinajstić information content (AvgIpc) is 2.38. The molecule has 1 saturated heterocycles. The van der Waals surface area contributed by atoms with Crippen LogP contribution in [0.2, 0.25) is 0 Å². The lowest BCUT2D eigenvalue weighted by Gasteiger charge is -2.31. The second-order valence-corrected chi connectivity index (χ2v) is 6.49. The van der Waals surface area contributed by atoms with Gasteiger partial charge in [-0.3, -0.25) is 4.90 Å². The number of hydrogen-bond acceptors (Lipinski definition) is 4. The van der Waals surface area contributed by atoms with Crippen LogP contribution in [0.3, 0.4) is 0 Å². The molecule has 1 rings (SSSR count). The molecule has 0 aromatic carbocycles. The monoisotopic (exact) mass is 295 g/mol. The summed E-state index contributed by atoms with van der Waals surface area (Å²) < 4.78 is 5.18. The maximum absolute atomic E-state index is 11.4. The van der Waals surface area contributed by atoms with Gasteiger partial charge in [0, 0.05) is 25.7 Å². The van der Waals surface area contributed by atoms with Gasteiger partial charge in [0.15, 0.2) is 0 Å². The number of nitrogens with zero attached hydrogens (tertiary/aromatic N) is 1. The molecule has 1 aliphatic heterocycles. The number of hydrogen-bond donors (Lipinski definition) is 2. The molecule has 0 saturated carbocycles. The van der Waals surface area contributed by atoms with E-state index in [0.717, 1.165) is 45.4 Å². The summed E-state index contributed by atoms with van der Waals surface area (Å²) in [5, 5.41) is 6.30. The van der Waals surface area contributed by atoms with Crippen LogP contribution < -0.4 is 10.6 Å². The number of ether oxygens (including phenoxy) is 1. The number of alkyl carbamates (subject to hydrolysis) is 1. The molecule has 0 bridgehead atoms. The van der Waals surface area contributed by atoms with E-state index >= 15 is 0 Å². The summed E-state index contributed by atoms with van der Waals surface area (Å²) in [6.45, 7) is 10.0. The minimum atomic E-state index is -0.436. The molecule has 0 radical (unpaired) electrons. The van der Waals surface area contributed by atoms with Gasteiger partial charge in [-0.15, -0.1) is 6.42 Å². The van der Waals surface area contributed by atoms with Gasteiger partial charge in [-0.1, -0.05) is 5.92 Å². The van der Waals surface area contributed by atoms with Crippen LogP contribution in [0.5, 0.6) is 0 Å². The van der Waals surface area contributed by atoms with E-state index in [4.69, 9.17) is 11.2 Å². The van der Waals surface area contributed by atoms with E-state index in [9.17, 15) is 4.79 Å². The first-order valence-electron chi connectivity index (χ1n) is 7.77. The maximum Gasteiger partial charge on any atom is 0.407 e. The van der Waals surface area contributed by atoms with E-state index in [1.807, 2.05) is 20.8 Å². The lowest BCUT2D eigenvalue weighted by atomic mass is 10.1. The van der Waals surface area contributed by atoms with Gasteiger partial charge in [-0.25, -0.2) is 4.79 Å². The van der Waals surface area contributed by atoms with Crippen molar-refractivity contribution in [3.8, 4) is 12.3 Å². The van der Waals surface area contributed by atoms with Gasteiger partial charge >= 0.3 is 6.09 Å². The second-order valence-electron chi connectivity index (χ2n) is 6.49. The quantitative estimate of drug-likeness (QED) is 0.577. The molecule has 0 aromatic rings. The predicted octanol–water partition coefficient (Wildman–Crippen LogP) is 1.59. The Kier molecular flexibility index (Phi) is 7.55. The summed E-state index contributed by atoms with van der Waals surface area (Å²) in [6.07, 6.45) is 8.16. The van der Waals surface area contributed by atoms with E-state index in [1.54, 1.807) is 0 Å². The fourth-order valence-corrected chi connectivity index (χ4v) is 2.32. The fourth-order valence-electron chi connectivity index (χ4n) is 2.32. The van der Waals surface area contributed by atoms with Gasteiger partial charge < -0.3 is 15.4 Å². The van der Waals surface area contributed by atoms with Crippen LogP contribution in [0.25, 0.3) is 0 Å². The molecule has 120 valence electrons. The first kappa shape index (κ1) is 17.8.